The van der Waals surface area contributed by atoms with E-state index in [1.54, 1.807) is 0 Å². The minimum Gasteiger partial charge on any atom is -0.493 e. The van der Waals surface area contributed by atoms with E-state index in [0.29, 0.717) is 6.61 Å². The van der Waals surface area contributed by atoms with Gasteiger partial charge in [0.2, 0.25) is 0 Å². The molecule has 0 N–H and O–H groups in total. The Labute approximate surface area is 123 Å². The number of aryl methyl sites for hydroxylation is 1. The quantitative estimate of drug-likeness (QED) is 0.718. The highest BCUT2D eigenvalue weighted by molar-refractivity contribution is 7.99. The second-order valence-electron chi connectivity index (χ2n) is 3.99. The minimum absolute atomic E-state index is 0.717. The van der Waals surface area contributed by atoms with Gasteiger partial charge < -0.3 is 4.74 Å². The van der Waals surface area contributed by atoms with E-state index in [-0.39, 0.29) is 0 Å². The lowest BCUT2D eigenvalue weighted by molar-refractivity contribution is 0.344. The second kappa shape index (κ2) is 8.08. The van der Waals surface area contributed by atoms with E-state index >= 15 is 0 Å². The summed E-state index contributed by atoms with van der Waals surface area (Å²) in [4.78, 5) is 4.30. The van der Waals surface area contributed by atoms with Crippen LogP contribution in [0.3, 0.4) is 0 Å². The summed E-state index contributed by atoms with van der Waals surface area (Å²) in [6, 6.07) is 13.5. The molecule has 0 bridgehead atoms. The average molecular weight is 294 g/mol. The predicted molar refractivity (Wildman–Crippen MR) is 82.2 cm³/mol. The van der Waals surface area contributed by atoms with Crippen LogP contribution in [0.15, 0.2) is 48.7 Å². The molecule has 2 aromatic rings. The summed E-state index contributed by atoms with van der Waals surface area (Å²) in [6.07, 6.45) is 2.84. The van der Waals surface area contributed by atoms with Gasteiger partial charge in [0.05, 0.1) is 6.61 Å². The van der Waals surface area contributed by atoms with Crippen molar-refractivity contribution in [3.05, 3.63) is 59.4 Å². The van der Waals surface area contributed by atoms with Gasteiger partial charge in [-0.2, -0.15) is 11.8 Å². The van der Waals surface area contributed by atoms with E-state index in [2.05, 4.69) is 11.1 Å². The first-order valence-electron chi connectivity index (χ1n) is 6.20. The van der Waals surface area contributed by atoms with Gasteiger partial charge in [-0.1, -0.05) is 17.7 Å². The first-order valence-corrected chi connectivity index (χ1v) is 7.74. The zero-order valence-corrected chi connectivity index (χ0v) is 12.2. The van der Waals surface area contributed by atoms with Gasteiger partial charge in [0.1, 0.15) is 5.75 Å². The molecule has 0 saturated carbocycles. The molecule has 2 rings (SSSR count). The molecule has 0 spiro atoms. The lowest BCUT2D eigenvalue weighted by Crippen LogP contribution is -2.01. The van der Waals surface area contributed by atoms with Gasteiger partial charge in [-0.05, 0) is 48.6 Å². The molecule has 2 nitrogen and oxygen atoms in total. The predicted octanol–water partition coefficient (Wildman–Crippen LogP) is 4.09. The van der Waals surface area contributed by atoms with Crippen molar-refractivity contribution >= 4 is 23.4 Å². The Morgan fingerprint density at radius 2 is 1.89 bits per heavy atom. The minimum atomic E-state index is 0.717. The molecule has 1 heterocycles. The van der Waals surface area contributed by atoms with Crippen LogP contribution in [-0.2, 0) is 6.42 Å². The molecule has 100 valence electrons. The lowest BCUT2D eigenvalue weighted by atomic mass is 10.3. The maximum Gasteiger partial charge on any atom is 0.119 e. The van der Waals surface area contributed by atoms with E-state index in [4.69, 9.17) is 16.3 Å². The molecule has 0 aliphatic carbocycles. The van der Waals surface area contributed by atoms with E-state index in [9.17, 15) is 0 Å². The van der Waals surface area contributed by atoms with E-state index < -0.39 is 0 Å². The van der Waals surface area contributed by atoms with Crippen molar-refractivity contribution in [1.29, 1.82) is 0 Å². The van der Waals surface area contributed by atoms with Gasteiger partial charge in [0.15, 0.2) is 0 Å². The molecule has 0 unspecified atom stereocenters. The van der Waals surface area contributed by atoms with Crippen LogP contribution < -0.4 is 4.74 Å². The number of hydrogen-bond acceptors (Lipinski definition) is 3. The SMILES string of the molecule is Clc1ccc(OCCSCCc2ccccn2)cc1. The number of hydrogen-bond donors (Lipinski definition) is 0. The molecule has 0 radical (unpaired) electrons. The number of pyridine rings is 1. The molecular weight excluding hydrogens is 278 g/mol. The van der Waals surface area contributed by atoms with Gasteiger partial charge in [0, 0.05) is 22.7 Å². The lowest BCUT2D eigenvalue weighted by Gasteiger charge is -2.06. The van der Waals surface area contributed by atoms with Crippen molar-refractivity contribution in [1.82, 2.24) is 4.98 Å². The molecule has 0 atom stereocenters. The Bertz CT molecular complexity index is 475. The fourth-order valence-electron chi connectivity index (χ4n) is 1.57. The largest absolute Gasteiger partial charge is 0.493 e. The standard InChI is InChI=1S/C15H16ClNOS/c16-13-4-6-15(7-5-13)18-10-12-19-11-8-14-3-1-2-9-17-14/h1-7,9H,8,10-12H2. The molecule has 0 fully saturated rings. The molecule has 0 aliphatic rings. The second-order valence-corrected chi connectivity index (χ2v) is 5.65. The highest BCUT2D eigenvalue weighted by Crippen LogP contribution is 2.15. The normalized spacial score (nSPS) is 10.4. The molecular formula is C15H16ClNOS. The number of halogens is 1. The van der Waals surface area contributed by atoms with Crippen LogP contribution in [0.4, 0.5) is 0 Å². The van der Waals surface area contributed by atoms with Gasteiger partial charge in [-0.3, -0.25) is 4.98 Å². The van der Waals surface area contributed by atoms with Crippen molar-refractivity contribution in [3.63, 3.8) is 0 Å². The van der Waals surface area contributed by atoms with E-state index in [0.717, 1.165) is 34.4 Å². The van der Waals surface area contributed by atoms with Gasteiger partial charge in [-0.25, -0.2) is 0 Å². The fraction of sp³-hybridized carbons (Fsp3) is 0.267. The first kappa shape index (κ1) is 14.2. The maximum absolute atomic E-state index is 5.81. The van der Waals surface area contributed by atoms with Crippen LogP contribution in [0.5, 0.6) is 5.75 Å². The number of aromatic nitrogens is 1. The van der Waals surface area contributed by atoms with E-state index in [1.807, 2.05) is 54.4 Å². The summed E-state index contributed by atoms with van der Waals surface area (Å²) in [5.41, 5.74) is 1.15. The van der Waals surface area contributed by atoms with Crippen molar-refractivity contribution in [3.8, 4) is 5.75 Å². The monoisotopic (exact) mass is 293 g/mol. The number of nitrogens with zero attached hydrogens (tertiary/aromatic N) is 1. The number of rotatable bonds is 7. The zero-order valence-electron chi connectivity index (χ0n) is 10.6. The summed E-state index contributed by atoms with van der Waals surface area (Å²) >= 11 is 7.69. The molecule has 0 aliphatic heterocycles. The smallest absolute Gasteiger partial charge is 0.119 e. The first-order chi connectivity index (χ1) is 9.34. The van der Waals surface area contributed by atoms with Crippen molar-refractivity contribution in [2.24, 2.45) is 0 Å². The Kier molecular flexibility index (Phi) is 6.05. The number of ether oxygens (including phenoxy) is 1. The third-order valence-corrected chi connectivity index (χ3v) is 3.74. The van der Waals surface area contributed by atoms with Gasteiger partial charge >= 0.3 is 0 Å². The summed E-state index contributed by atoms with van der Waals surface area (Å²) in [7, 11) is 0. The third-order valence-electron chi connectivity index (χ3n) is 2.54. The third kappa shape index (κ3) is 5.53. The van der Waals surface area contributed by atoms with Crippen LogP contribution in [0.2, 0.25) is 5.02 Å². The van der Waals surface area contributed by atoms with Gasteiger partial charge in [-0.15, -0.1) is 0 Å². The number of benzene rings is 1. The van der Waals surface area contributed by atoms with Crippen LogP contribution >= 0.6 is 23.4 Å². The fourth-order valence-corrected chi connectivity index (χ4v) is 2.46. The Balaban J connectivity index is 1.56. The van der Waals surface area contributed by atoms with Crippen LogP contribution in [0, 0.1) is 0 Å². The Morgan fingerprint density at radius 3 is 2.63 bits per heavy atom. The van der Waals surface area contributed by atoms with Crippen LogP contribution in [-0.4, -0.2) is 23.1 Å². The zero-order chi connectivity index (χ0) is 13.3. The van der Waals surface area contributed by atoms with Crippen molar-refractivity contribution < 1.29 is 4.74 Å². The topological polar surface area (TPSA) is 22.1 Å². The molecule has 4 heteroatoms. The summed E-state index contributed by atoms with van der Waals surface area (Å²) in [5.74, 6) is 2.92. The maximum atomic E-state index is 5.81. The molecule has 0 saturated heterocycles. The average Bonchev–Trinajstić information content (AvgIpc) is 2.46. The molecule has 19 heavy (non-hydrogen) atoms. The Hall–Kier alpha value is -1.19. The van der Waals surface area contributed by atoms with Gasteiger partial charge in [0.25, 0.3) is 0 Å². The molecule has 1 aromatic carbocycles. The van der Waals surface area contributed by atoms with Crippen LogP contribution in [0.25, 0.3) is 0 Å². The van der Waals surface area contributed by atoms with Crippen LogP contribution in [0.1, 0.15) is 5.69 Å². The van der Waals surface area contributed by atoms with E-state index in [1.165, 1.54) is 0 Å². The van der Waals surface area contributed by atoms with Crippen molar-refractivity contribution in [2.45, 2.75) is 6.42 Å². The summed E-state index contributed by atoms with van der Waals surface area (Å²) in [5, 5.41) is 0.733. The molecule has 1 aromatic heterocycles. The molecule has 0 amide bonds. The highest BCUT2D eigenvalue weighted by atomic mass is 35.5. The highest BCUT2D eigenvalue weighted by Gasteiger charge is 1.96. The summed E-state index contributed by atoms with van der Waals surface area (Å²) in [6.45, 7) is 0.717. The Morgan fingerprint density at radius 1 is 1.05 bits per heavy atom. The van der Waals surface area contributed by atoms with Crippen molar-refractivity contribution in [2.75, 3.05) is 18.1 Å². The summed E-state index contributed by atoms with van der Waals surface area (Å²) < 4.78 is 5.62. The number of thioether (sulfide) groups is 1.